The molecular weight excluding hydrogens is 572 g/mol. The fraction of sp³-hybridized carbons (Fsp3) is 0.478. The van der Waals surface area contributed by atoms with Crippen molar-refractivity contribution in [3.63, 3.8) is 0 Å². The van der Waals surface area contributed by atoms with E-state index in [-0.39, 0.29) is 44.0 Å². The minimum Gasteiger partial charge on any atom is -0.491 e. The third-order valence-corrected chi connectivity index (χ3v) is 5.47. The predicted octanol–water partition coefficient (Wildman–Crippen LogP) is 0.935. The van der Waals surface area contributed by atoms with Gasteiger partial charge in [-0.2, -0.15) is 0 Å². The summed E-state index contributed by atoms with van der Waals surface area (Å²) in [5.74, 6) is -4.33. The van der Waals surface area contributed by atoms with Crippen molar-refractivity contribution in [2.24, 2.45) is 0 Å². The van der Waals surface area contributed by atoms with Gasteiger partial charge >= 0.3 is 23.9 Å². The van der Waals surface area contributed by atoms with Gasteiger partial charge in [-0.05, 0) is 43.9 Å². The number of nitrogens with one attached hydrogen (secondary N) is 4. The Labute approximate surface area is 226 Å². The fourth-order valence-electron chi connectivity index (χ4n) is 3.10. The quantitative estimate of drug-likeness (QED) is 0.125. The van der Waals surface area contributed by atoms with Crippen molar-refractivity contribution in [2.45, 2.75) is 51.1 Å². The van der Waals surface area contributed by atoms with Crippen LogP contribution in [0.5, 0.6) is 5.75 Å². The van der Waals surface area contributed by atoms with E-state index in [0.29, 0.717) is 23.1 Å². The molecule has 210 valence electrons. The average molecular weight is 603 g/mol. The van der Waals surface area contributed by atoms with Gasteiger partial charge in [0.25, 0.3) is 5.91 Å². The van der Waals surface area contributed by atoms with E-state index in [9.17, 15) is 33.9 Å². The summed E-state index contributed by atoms with van der Waals surface area (Å²) in [5, 5.41) is 36.6. The van der Waals surface area contributed by atoms with E-state index in [4.69, 9.17) is 14.9 Å². The molecule has 0 heterocycles. The van der Waals surface area contributed by atoms with Crippen LogP contribution in [0.25, 0.3) is 0 Å². The third kappa shape index (κ3) is 12.9. The Hall–Kier alpha value is -3.88. The van der Waals surface area contributed by atoms with Crippen LogP contribution in [0.1, 0.15) is 49.4 Å². The van der Waals surface area contributed by atoms with Crippen molar-refractivity contribution in [1.29, 1.82) is 0 Å². The molecule has 1 rings (SSSR count). The van der Waals surface area contributed by atoms with Gasteiger partial charge in [0.2, 0.25) is 5.91 Å². The summed E-state index contributed by atoms with van der Waals surface area (Å²) in [5.41, 5.74) is 0.272. The van der Waals surface area contributed by atoms with Gasteiger partial charge < -0.3 is 41.3 Å². The van der Waals surface area contributed by atoms with Gasteiger partial charge in [-0.25, -0.2) is 14.4 Å². The number of hydrogen-bond acceptors (Lipinski definition) is 7. The Bertz CT molecular complexity index is 1020. The highest BCUT2D eigenvalue weighted by atomic mass is 79.9. The number of unbranched alkanes of at least 4 members (excludes halogenated alkanes) is 1. The highest BCUT2D eigenvalue weighted by Crippen LogP contribution is 2.23. The molecule has 0 aliphatic heterocycles. The number of carboxylic acid groups (broad SMARTS) is 3. The molecule has 1 aromatic carbocycles. The van der Waals surface area contributed by atoms with Gasteiger partial charge in [0, 0.05) is 24.4 Å². The van der Waals surface area contributed by atoms with E-state index in [1.807, 2.05) is 0 Å². The van der Waals surface area contributed by atoms with Crippen LogP contribution in [0, 0.1) is 0 Å². The molecule has 14 nitrogen and oxygen atoms in total. The molecule has 2 atom stereocenters. The van der Waals surface area contributed by atoms with E-state index in [2.05, 4.69) is 37.2 Å². The fourth-order valence-corrected chi connectivity index (χ4v) is 3.44. The Morgan fingerprint density at radius 1 is 0.895 bits per heavy atom. The highest BCUT2D eigenvalue weighted by molar-refractivity contribution is 9.10. The second-order valence-corrected chi connectivity index (χ2v) is 8.97. The monoisotopic (exact) mass is 602 g/mol. The summed E-state index contributed by atoms with van der Waals surface area (Å²) < 4.78 is 6.29. The summed E-state index contributed by atoms with van der Waals surface area (Å²) in [6.45, 7) is 2.00. The molecule has 0 aliphatic rings. The molecule has 15 heteroatoms. The van der Waals surface area contributed by atoms with Crippen molar-refractivity contribution in [3.05, 3.63) is 28.2 Å². The maximum Gasteiger partial charge on any atom is 0.326 e. The van der Waals surface area contributed by atoms with Crippen molar-refractivity contribution < 1.29 is 48.8 Å². The number of carboxylic acids is 3. The second kappa shape index (κ2) is 16.8. The van der Waals surface area contributed by atoms with Gasteiger partial charge in [-0.3, -0.25) is 14.4 Å². The zero-order valence-electron chi connectivity index (χ0n) is 20.6. The van der Waals surface area contributed by atoms with E-state index < -0.39 is 48.4 Å². The Balaban J connectivity index is 2.53. The molecule has 0 saturated heterocycles. The molecule has 0 unspecified atom stereocenters. The van der Waals surface area contributed by atoms with Crippen LogP contribution in [-0.2, 0) is 19.2 Å². The smallest absolute Gasteiger partial charge is 0.326 e. The lowest BCUT2D eigenvalue weighted by molar-refractivity contribution is -0.140. The van der Waals surface area contributed by atoms with Crippen molar-refractivity contribution in [3.8, 4) is 5.75 Å². The van der Waals surface area contributed by atoms with E-state index in [1.54, 1.807) is 18.2 Å². The van der Waals surface area contributed by atoms with Crippen molar-refractivity contribution in [1.82, 2.24) is 21.3 Å². The maximum atomic E-state index is 12.6. The standard InChI is InChI=1S/C23H31BrN4O10/c1-13(29)25-10-11-38-18-12-14(24)5-6-15(18)20(32)26-9-3-2-4-16(21(33)34)27-23(37)28-17(22(35)36)7-8-19(30)31/h5-6,12,16-17H,2-4,7-11H2,1H3,(H,25,29)(H,26,32)(H,30,31)(H,33,34)(H,35,36)(H2,27,28,37)/t16-,17-/m0/s1. The zero-order valence-corrected chi connectivity index (χ0v) is 22.2. The number of benzene rings is 1. The van der Waals surface area contributed by atoms with Crippen LogP contribution in [0.4, 0.5) is 4.79 Å². The second-order valence-electron chi connectivity index (χ2n) is 8.06. The van der Waals surface area contributed by atoms with Gasteiger partial charge in [0.1, 0.15) is 24.4 Å². The summed E-state index contributed by atoms with van der Waals surface area (Å²) in [6.07, 6.45) is -0.169. The molecule has 4 amide bonds. The molecule has 38 heavy (non-hydrogen) atoms. The van der Waals surface area contributed by atoms with Gasteiger partial charge in [-0.15, -0.1) is 0 Å². The number of hydrogen-bond donors (Lipinski definition) is 7. The van der Waals surface area contributed by atoms with Crippen LogP contribution < -0.4 is 26.0 Å². The van der Waals surface area contributed by atoms with Crippen LogP contribution >= 0.6 is 15.9 Å². The molecule has 0 radical (unpaired) electrons. The lowest BCUT2D eigenvalue weighted by Gasteiger charge is -2.18. The number of ether oxygens (including phenoxy) is 1. The van der Waals surface area contributed by atoms with E-state index >= 15 is 0 Å². The Morgan fingerprint density at radius 3 is 2.11 bits per heavy atom. The number of halogens is 1. The molecule has 0 fully saturated rings. The molecule has 0 spiro atoms. The van der Waals surface area contributed by atoms with Crippen LogP contribution in [0.15, 0.2) is 22.7 Å². The topological polar surface area (TPSA) is 220 Å². The van der Waals surface area contributed by atoms with Crippen molar-refractivity contribution >= 4 is 51.7 Å². The summed E-state index contributed by atoms with van der Waals surface area (Å²) in [6, 6.07) is 0.984. The molecule has 0 aromatic heterocycles. The number of carbonyl (C=O) groups excluding carboxylic acids is 3. The minimum atomic E-state index is -1.49. The molecule has 0 saturated carbocycles. The third-order valence-electron chi connectivity index (χ3n) is 4.98. The average Bonchev–Trinajstić information content (AvgIpc) is 2.82. The first-order valence-corrected chi connectivity index (χ1v) is 12.4. The zero-order chi connectivity index (χ0) is 28.7. The van der Waals surface area contributed by atoms with Crippen molar-refractivity contribution in [2.75, 3.05) is 19.7 Å². The number of aliphatic carboxylic acids is 3. The lowest BCUT2D eigenvalue weighted by Crippen LogP contribution is -2.51. The van der Waals surface area contributed by atoms with Gasteiger partial charge in [-0.1, -0.05) is 15.9 Å². The maximum absolute atomic E-state index is 12.6. The first-order valence-electron chi connectivity index (χ1n) is 11.6. The normalized spacial score (nSPS) is 11.9. The van der Waals surface area contributed by atoms with Crippen LogP contribution in [0.3, 0.4) is 0 Å². The Kier molecular flexibility index (Phi) is 14.2. The predicted molar refractivity (Wildman–Crippen MR) is 136 cm³/mol. The van der Waals surface area contributed by atoms with E-state index in [0.717, 1.165) is 0 Å². The number of amides is 4. The Morgan fingerprint density at radius 2 is 1.53 bits per heavy atom. The number of carbonyl (C=O) groups is 6. The molecule has 1 aromatic rings. The van der Waals surface area contributed by atoms with E-state index in [1.165, 1.54) is 6.92 Å². The van der Waals surface area contributed by atoms with Gasteiger partial charge in [0.15, 0.2) is 0 Å². The number of urea groups is 1. The number of rotatable bonds is 17. The molecule has 0 aliphatic carbocycles. The molecule has 7 N–H and O–H groups in total. The molecular formula is C23H31BrN4O10. The van der Waals surface area contributed by atoms with Crippen LogP contribution in [0.2, 0.25) is 0 Å². The first-order chi connectivity index (χ1) is 17.9. The molecule has 0 bridgehead atoms. The van der Waals surface area contributed by atoms with Gasteiger partial charge in [0.05, 0.1) is 12.1 Å². The summed E-state index contributed by atoms with van der Waals surface area (Å²) >= 11 is 3.31. The SMILES string of the molecule is CC(=O)NCCOc1cc(Br)ccc1C(=O)NCCCC[C@H](NC(=O)N[C@@H](CCC(=O)O)C(=O)O)C(=O)O. The highest BCUT2D eigenvalue weighted by Gasteiger charge is 2.24. The largest absolute Gasteiger partial charge is 0.491 e. The lowest BCUT2D eigenvalue weighted by atomic mass is 10.1. The first kappa shape index (κ1) is 32.1. The minimum absolute atomic E-state index is 0.00127. The van der Waals surface area contributed by atoms with Crippen LogP contribution in [-0.4, -0.2) is 82.9 Å². The summed E-state index contributed by atoms with van der Waals surface area (Å²) in [4.78, 5) is 68.9. The summed E-state index contributed by atoms with van der Waals surface area (Å²) in [7, 11) is 0.